The summed E-state index contributed by atoms with van der Waals surface area (Å²) in [5.74, 6) is 0.913. The van der Waals surface area contributed by atoms with Crippen LogP contribution >= 0.6 is 0 Å². The minimum Gasteiger partial charge on any atom is -0.461 e. The van der Waals surface area contributed by atoms with E-state index in [0.29, 0.717) is 0 Å². The maximum absolute atomic E-state index is 6.77. The summed E-state index contributed by atoms with van der Waals surface area (Å²) in [5, 5.41) is 8.31. The van der Waals surface area contributed by atoms with Crippen molar-refractivity contribution in [3.8, 4) is 55.6 Å². The Morgan fingerprint density at radius 1 is 0.328 bits per heavy atom. The Bertz CT molecular complexity index is 3440. The highest BCUT2D eigenvalue weighted by atomic mass is 16.3. The van der Waals surface area contributed by atoms with Crippen molar-refractivity contribution in [3.63, 3.8) is 0 Å². The molecule has 2 aromatic heterocycles. The average Bonchev–Trinajstić information content (AvgIpc) is 3.90. The van der Waals surface area contributed by atoms with Crippen LogP contribution in [0.5, 0.6) is 0 Å². The zero-order valence-electron chi connectivity index (χ0n) is 32.6. The van der Waals surface area contributed by atoms with E-state index in [1.165, 1.54) is 88.1 Å². The van der Waals surface area contributed by atoms with E-state index in [2.05, 4.69) is 190 Å². The van der Waals surface area contributed by atoms with Crippen molar-refractivity contribution in [3.05, 3.63) is 193 Å². The average molecular weight is 743 g/mol. The first-order valence-electron chi connectivity index (χ1n) is 20.2. The predicted molar refractivity (Wildman–Crippen MR) is 243 cm³/mol. The number of benzene rings is 9. The van der Waals surface area contributed by atoms with Crippen LogP contribution in [-0.2, 0) is 5.41 Å². The first-order chi connectivity index (χ1) is 28.4. The molecule has 0 amide bonds. The van der Waals surface area contributed by atoms with Gasteiger partial charge in [-0.05, 0) is 132 Å². The van der Waals surface area contributed by atoms with Gasteiger partial charge < -0.3 is 8.83 Å². The van der Waals surface area contributed by atoms with E-state index in [1.54, 1.807) is 0 Å². The SMILES string of the molecule is Cc1cc2c(-c3ccccc3-c3ccccc3-c3c4ccccc4c(-c4ccc5c(c4)oc4cc6c(cc45)C(C)(C)c4ccccc4-6)c4ccccc34)cccc2o1. The maximum atomic E-state index is 6.77. The van der Waals surface area contributed by atoms with Crippen LogP contribution in [0.1, 0.15) is 30.7 Å². The van der Waals surface area contributed by atoms with Crippen molar-refractivity contribution in [2.75, 3.05) is 0 Å². The smallest absolute Gasteiger partial charge is 0.136 e. The molecule has 0 fully saturated rings. The molecular formula is C56H38O2. The quantitative estimate of drug-likeness (QED) is 0.168. The van der Waals surface area contributed by atoms with Crippen LogP contribution < -0.4 is 0 Å². The Kier molecular flexibility index (Phi) is 6.93. The standard InChI is InChI=1S/C56H38O2/c1-33-29-47-38(24-14-26-51(47)57-33)36-16-5-4-15-35(36)37-17-6-7-19-41(37)55-44-22-10-8-20-42(44)54(43-21-9-11-23-45(43)55)34-27-28-40-48-31-50-46(32-53(48)58-52(40)30-34)39-18-12-13-25-49(39)56(50,2)3/h4-32H,1-3H3. The molecule has 0 spiro atoms. The molecule has 11 aromatic rings. The Morgan fingerprint density at radius 3 is 1.59 bits per heavy atom. The minimum atomic E-state index is -0.0725. The molecule has 2 heterocycles. The summed E-state index contributed by atoms with van der Waals surface area (Å²) >= 11 is 0. The van der Waals surface area contributed by atoms with Gasteiger partial charge in [0.15, 0.2) is 0 Å². The van der Waals surface area contributed by atoms with Gasteiger partial charge in [0, 0.05) is 21.6 Å². The molecular weight excluding hydrogens is 705 g/mol. The van der Waals surface area contributed by atoms with E-state index in [9.17, 15) is 0 Å². The zero-order chi connectivity index (χ0) is 38.7. The molecule has 2 nitrogen and oxygen atoms in total. The molecule has 12 rings (SSSR count). The van der Waals surface area contributed by atoms with Crippen molar-refractivity contribution in [2.45, 2.75) is 26.2 Å². The highest BCUT2D eigenvalue weighted by Crippen LogP contribution is 2.52. The Labute approximate surface area is 336 Å². The number of furan rings is 2. The van der Waals surface area contributed by atoms with Gasteiger partial charge >= 0.3 is 0 Å². The van der Waals surface area contributed by atoms with E-state index in [1.807, 2.05) is 6.92 Å². The largest absolute Gasteiger partial charge is 0.461 e. The second kappa shape index (κ2) is 12.2. The molecule has 1 aliphatic rings. The third kappa shape index (κ3) is 4.66. The summed E-state index contributed by atoms with van der Waals surface area (Å²) in [5.41, 5.74) is 17.5. The van der Waals surface area contributed by atoms with Gasteiger partial charge in [-0.3, -0.25) is 0 Å². The molecule has 0 saturated heterocycles. The molecule has 58 heavy (non-hydrogen) atoms. The van der Waals surface area contributed by atoms with Crippen LogP contribution in [0.15, 0.2) is 185 Å². The fourth-order valence-corrected chi connectivity index (χ4v) is 10.2. The number of hydrogen-bond acceptors (Lipinski definition) is 2. The van der Waals surface area contributed by atoms with Crippen LogP contribution in [0.2, 0.25) is 0 Å². The van der Waals surface area contributed by atoms with Crippen LogP contribution in [0.25, 0.3) is 110 Å². The van der Waals surface area contributed by atoms with Gasteiger partial charge in [-0.2, -0.15) is 0 Å². The van der Waals surface area contributed by atoms with Gasteiger partial charge in [-0.1, -0.05) is 153 Å². The first-order valence-corrected chi connectivity index (χ1v) is 20.2. The lowest BCUT2D eigenvalue weighted by atomic mass is 9.82. The topological polar surface area (TPSA) is 26.3 Å². The molecule has 9 aromatic carbocycles. The van der Waals surface area contributed by atoms with Crippen LogP contribution in [0.4, 0.5) is 0 Å². The second-order valence-corrected chi connectivity index (χ2v) is 16.4. The van der Waals surface area contributed by atoms with Gasteiger partial charge in [0.2, 0.25) is 0 Å². The van der Waals surface area contributed by atoms with E-state index in [-0.39, 0.29) is 5.41 Å². The molecule has 274 valence electrons. The Morgan fingerprint density at radius 2 is 0.879 bits per heavy atom. The van der Waals surface area contributed by atoms with Gasteiger partial charge in [0.25, 0.3) is 0 Å². The van der Waals surface area contributed by atoms with E-state index in [4.69, 9.17) is 8.83 Å². The zero-order valence-corrected chi connectivity index (χ0v) is 32.6. The van der Waals surface area contributed by atoms with Crippen LogP contribution in [0, 0.1) is 6.92 Å². The van der Waals surface area contributed by atoms with Crippen LogP contribution in [0.3, 0.4) is 0 Å². The normalized spacial score (nSPS) is 13.2. The highest BCUT2D eigenvalue weighted by Gasteiger charge is 2.36. The fourth-order valence-electron chi connectivity index (χ4n) is 10.2. The highest BCUT2D eigenvalue weighted by molar-refractivity contribution is 6.23. The predicted octanol–water partition coefficient (Wildman–Crippen LogP) is 15.9. The van der Waals surface area contributed by atoms with Gasteiger partial charge in [-0.15, -0.1) is 0 Å². The third-order valence-electron chi connectivity index (χ3n) is 12.8. The Hall–Kier alpha value is -7.16. The molecule has 0 bridgehead atoms. The van der Waals surface area contributed by atoms with Gasteiger partial charge in [0.05, 0.1) is 0 Å². The van der Waals surface area contributed by atoms with E-state index < -0.39 is 0 Å². The van der Waals surface area contributed by atoms with Crippen molar-refractivity contribution in [1.29, 1.82) is 0 Å². The summed E-state index contributed by atoms with van der Waals surface area (Å²) in [6.07, 6.45) is 0. The number of rotatable bonds is 4. The summed E-state index contributed by atoms with van der Waals surface area (Å²) in [6, 6.07) is 64.3. The number of hydrogen-bond donors (Lipinski definition) is 0. The Balaban J connectivity index is 1.07. The van der Waals surface area contributed by atoms with Crippen molar-refractivity contribution >= 4 is 54.5 Å². The van der Waals surface area contributed by atoms with Crippen molar-refractivity contribution < 1.29 is 8.83 Å². The molecule has 0 unspecified atom stereocenters. The maximum Gasteiger partial charge on any atom is 0.136 e. The van der Waals surface area contributed by atoms with Crippen LogP contribution in [-0.4, -0.2) is 0 Å². The summed E-state index contributed by atoms with van der Waals surface area (Å²) in [7, 11) is 0. The second-order valence-electron chi connectivity index (χ2n) is 16.4. The monoisotopic (exact) mass is 742 g/mol. The summed E-state index contributed by atoms with van der Waals surface area (Å²) in [4.78, 5) is 0. The third-order valence-corrected chi connectivity index (χ3v) is 12.8. The van der Waals surface area contributed by atoms with Crippen molar-refractivity contribution in [2.24, 2.45) is 0 Å². The van der Waals surface area contributed by atoms with Gasteiger partial charge in [0.1, 0.15) is 22.5 Å². The lowest BCUT2D eigenvalue weighted by molar-refractivity contribution is 0.578. The summed E-state index contributed by atoms with van der Waals surface area (Å²) in [6.45, 7) is 6.69. The van der Waals surface area contributed by atoms with E-state index >= 15 is 0 Å². The molecule has 2 heteroatoms. The molecule has 0 radical (unpaired) electrons. The molecule has 0 atom stereocenters. The summed E-state index contributed by atoms with van der Waals surface area (Å²) < 4.78 is 12.9. The lowest BCUT2D eigenvalue weighted by Gasteiger charge is -2.21. The molecule has 1 aliphatic carbocycles. The number of aryl methyl sites for hydroxylation is 1. The molecule has 0 N–H and O–H groups in total. The lowest BCUT2D eigenvalue weighted by Crippen LogP contribution is -2.14. The first kappa shape index (κ1) is 33.0. The minimum absolute atomic E-state index is 0.0725. The van der Waals surface area contributed by atoms with Crippen molar-refractivity contribution in [1.82, 2.24) is 0 Å². The number of fused-ring (bicyclic) bond motifs is 9. The molecule has 0 aliphatic heterocycles. The van der Waals surface area contributed by atoms with E-state index in [0.717, 1.165) is 38.8 Å². The van der Waals surface area contributed by atoms with Gasteiger partial charge in [-0.25, -0.2) is 0 Å². The molecule has 0 saturated carbocycles. The fraction of sp³-hybridized carbons (Fsp3) is 0.0714.